The lowest BCUT2D eigenvalue weighted by molar-refractivity contribution is -0.149. The molecule has 0 atom stereocenters. The Morgan fingerprint density at radius 2 is 2.20 bits per heavy atom. The van der Waals surface area contributed by atoms with Crippen LogP contribution in [0.25, 0.3) is 0 Å². The predicted molar refractivity (Wildman–Crippen MR) is 38.3 cm³/mol. The normalized spacial score (nSPS) is 11.2. The maximum atomic E-state index is 10.8. The van der Waals surface area contributed by atoms with Gasteiger partial charge >= 0.3 is 5.97 Å². The molecular formula is C6H14N2O2. The van der Waals surface area contributed by atoms with Gasteiger partial charge in [0.1, 0.15) is 12.3 Å². The number of nitrogens with two attached hydrogens (primary N) is 1. The van der Waals surface area contributed by atoms with Crippen LogP contribution in [0.1, 0.15) is 13.8 Å². The summed E-state index contributed by atoms with van der Waals surface area (Å²) in [5.41, 5.74) is 4.53. The second-order valence-electron chi connectivity index (χ2n) is 2.65. The third-order valence-corrected chi connectivity index (χ3v) is 0.874. The Morgan fingerprint density at radius 1 is 1.70 bits per heavy atom. The highest BCUT2D eigenvalue weighted by Gasteiger charge is 2.22. The van der Waals surface area contributed by atoms with Crippen molar-refractivity contribution >= 4 is 5.97 Å². The van der Waals surface area contributed by atoms with E-state index in [1.165, 1.54) is 0 Å². The van der Waals surface area contributed by atoms with E-state index >= 15 is 0 Å². The number of hydrogen-bond donors (Lipinski definition) is 2. The number of ether oxygens (including phenoxy) is 1. The minimum absolute atomic E-state index is 0.208. The molecule has 0 aliphatic rings. The summed E-state index contributed by atoms with van der Waals surface area (Å²) < 4.78 is 4.68. The van der Waals surface area contributed by atoms with Gasteiger partial charge in [-0.25, -0.2) is 0 Å². The van der Waals surface area contributed by atoms with E-state index in [0.717, 1.165) is 0 Å². The molecule has 3 N–H and O–H groups in total. The van der Waals surface area contributed by atoms with Crippen molar-refractivity contribution in [2.45, 2.75) is 19.4 Å². The molecule has 4 nitrogen and oxygen atoms in total. The van der Waals surface area contributed by atoms with Gasteiger partial charge in [-0.2, -0.15) is 0 Å². The van der Waals surface area contributed by atoms with Crippen molar-refractivity contribution in [3.8, 4) is 0 Å². The first-order valence-electron chi connectivity index (χ1n) is 3.09. The van der Waals surface area contributed by atoms with Gasteiger partial charge < -0.3 is 10.5 Å². The summed E-state index contributed by atoms with van der Waals surface area (Å²) in [7, 11) is 1.69. The van der Waals surface area contributed by atoms with Crippen LogP contribution in [0.2, 0.25) is 0 Å². The maximum absolute atomic E-state index is 10.8. The zero-order valence-corrected chi connectivity index (χ0v) is 6.60. The van der Waals surface area contributed by atoms with Gasteiger partial charge in [-0.3, -0.25) is 10.1 Å². The molecule has 0 saturated heterocycles. The third-order valence-electron chi connectivity index (χ3n) is 0.874. The van der Waals surface area contributed by atoms with Gasteiger partial charge in [0, 0.05) is 0 Å². The number of nitrogens with one attached hydrogen (secondary N) is 1. The van der Waals surface area contributed by atoms with Crippen LogP contribution in [-0.2, 0) is 9.53 Å². The molecule has 0 aliphatic heterocycles. The Hall–Kier alpha value is -0.610. The molecule has 0 rings (SSSR count). The van der Waals surface area contributed by atoms with Crippen molar-refractivity contribution in [1.29, 1.82) is 0 Å². The van der Waals surface area contributed by atoms with Gasteiger partial charge in [0.15, 0.2) is 0 Å². The van der Waals surface area contributed by atoms with E-state index in [4.69, 9.17) is 5.73 Å². The summed E-state index contributed by atoms with van der Waals surface area (Å²) in [5, 5.41) is 2.67. The second-order valence-corrected chi connectivity index (χ2v) is 2.65. The molecule has 0 fully saturated rings. The standard InChI is InChI=1S/C6H14N2O2/c1-6(2,7)5(9)10-4-8-3/h8H,4,7H2,1-3H3. The van der Waals surface area contributed by atoms with Crippen LogP contribution < -0.4 is 11.1 Å². The molecule has 0 amide bonds. The molecule has 0 spiro atoms. The number of carbonyl (C=O) groups excluding carboxylic acids is 1. The summed E-state index contributed by atoms with van der Waals surface area (Å²) >= 11 is 0. The van der Waals surface area contributed by atoms with Crippen molar-refractivity contribution in [2.75, 3.05) is 13.8 Å². The van der Waals surface area contributed by atoms with Crippen molar-refractivity contribution in [1.82, 2.24) is 5.32 Å². The average Bonchev–Trinajstić information content (AvgIpc) is 1.80. The third kappa shape index (κ3) is 3.42. The Labute approximate surface area is 60.7 Å². The lowest BCUT2D eigenvalue weighted by Crippen LogP contribution is -2.43. The molecule has 0 aliphatic carbocycles. The number of carbonyl (C=O) groups is 1. The van der Waals surface area contributed by atoms with E-state index in [9.17, 15) is 4.79 Å². The molecule has 0 aromatic rings. The van der Waals surface area contributed by atoms with E-state index in [0.29, 0.717) is 0 Å². The highest BCUT2D eigenvalue weighted by Crippen LogP contribution is 1.98. The molecule has 0 aromatic carbocycles. The van der Waals surface area contributed by atoms with E-state index in [1.807, 2.05) is 0 Å². The zero-order chi connectivity index (χ0) is 8.20. The van der Waals surface area contributed by atoms with E-state index in [-0.39, 0.29) is 6.73 Å². The smallest absolute Gasteiger partial charge is 0.326 e. The van der Waals surface area contributed by atoms with Crippen LogP contribution in [-0.4, -0.2) is 25.3 Å². The molecule has 0 bridgehead atoms. The van der Waals surface area contributed by atoms with Gasteiger partial charge in [0.2, 0.25) is 0 Å². The first-order valence-corrected chi connectivity index (χ1v) is 3.09. The molecular weight excluding hydrogens is 132 g/mol. The molecule has 0 radical (unpaired) electrons. The van der Waals surface area contributed by atoms with Crippen LogP contribution in [0.3, 0.4) is 0 Å². The van der Waals surface area contributed by atoms with E-state index < -0.39 is 11.5 Å². The Balaban J connectivity index is 3.64. The topological polar surface area (TPSA) is 64.3 Å². The number of hydrogen-bond acceptors (Lipinski definition) is 4. The summed E-state index contributed by atoms with van der Waals surface area (Å²) in [6.07, 6.45) is 0. The largest absolute Gasteiger partial charge is 0.448 e. The summed E-state index contributed by atoms with van der Waals surface area (Å²) in [6.45, 7) is 3.41. The van der Waals surface area contributed by atoms with Crippen molar-refractivity contribution in [3.63, 3.8) is 0 Å². The molecule has 0 heterocycles. The van der Waals surface area contributed by atoms with Gasteiger partial charge in [0.05, 0.1) is 0 Å². The molecule has 0 saturated carbocycles. The Bertz CT molecular complexity index is 117. The summed E-state index contributed by atoms with van der Waals surface area (Å²) in [4.78, 5) is 10.8. The van der Waals surface area contributed by atoms with Gasteiger partial charge in [-0.15, -0.1) is 0 Å². The van der Waals surface area contributed by atoms with Crippen LogP contribution >= 0.6 is 0 Å². The zero-order valence-electron chi connectivity index (χ0n) is 6.60. The fourth-order valence-corrected chi connectivity index (χ4v) is 0.324. The first kappa shape index (κ1) is 9.39. The van der Waals surface area contributed by atoms with Crippen molar-refractivity contribution in [3.05, 3.63) is 0 Å². The van der Waals surface area contributed by atoms with Crippen LogP contribution in [0, 0.1) is 0 Å². The van der Waals surface area contributed by atoms with Crippen LogP contribution in [0.4, 0.5) is 0 Å². The number of rotatable bonds is 3. The minimum Gasteiger partial charge on any atom is -0.448 e. The quantitative estimate of drug-likeness (QED) is 0.414. The van der Waals surface area contributed by atoms with E-state index in [2.05, 4.69) is 10.1 Å². The fraction of sp³-hybridized carbons (Fsp3) is 0.833. The highest BCUT2D eigenvalue weighted by atomic mass is 16.5. The highest BCUT2D eigenvalue weighted by molar-refractivity contribution is 5.79. The SMILES string of the molecule is CNCOC(=O)C(C)(C)N. The van der Waals surface area contributed by atoms with Crippen molar-refractivity contribution < 1.29 is 9.53 Å². The van der Waals surface area contributed by atoms with Gasteiger partial charge in [-0.05, 0) is 20.9 Å². The molecule has 60 valence electrons. The lowest BCUT2D eigenvalue weighted by Gasteiger charge is -2.15. The summed E-state index contributed by atoms with van der Waals surface area (Å²) in [5.74, 6) is -0.401. The number of esters is 1. The molecule has 10 heavy (non-hydrogen) atoms. The Morgan fingerprint density at radius 3 is 2.50 bits per heavy atom. The van der Waals surface area contributed by atoms with Crippen LogP contribution in [0.5, 0.6) is 0 Å². The molecule has 4 heteroatoms. The van der Waals surface area contributed by atoms with Crippen molar-refractivity contribution in [2.24, 2.45) is 5.73 Å². The average molecular weight is 146 g/mol. The predicted octanol–water partition coefficient (Wildman–Crippen LogP) is -0.556. The first-order chi connectivity index (χ1) is 4.48. The second kappa shape index (κ2) is 3.53. The van der Waals surface area contributed by atoms with E-state index in [1.54, 1.807) is 20.9 Å². The van der Waals surface area contributed by atoms with Gasteiger partial charge in [-0.1, -0.05) is 0 Å². The van der Waals surface area contributed by atoms with Crippen LogP contribution in [0.15, 0.2) is 0 Å². The monoisotopic (exact) mass is 146 g/mol. The lowest BCUT2D eigenvalue weighted by atomic mass is 10.1. The maximum Gasteiger partial charge on any atom is 0.326 e. The molecule has 0 unspecified atom stereocenters. The van der Waals surface area contributed by atoms with Gasteiger partial charge in [0.25, 0.3) is 0 Å². The molecule has 0 aromatic heterocycles. The Kier molecular flexibility index (Phi) is 3.32. The summed E-state index contributed by atoms with van der Waals surface area (Å²) in [6, 6.07) is 0. The minimum atomic E-state index is -0.892. The fourth-order valence-electron chi connectivity index (χ4n) is 0.324.